The van der Waals surface area contributed by atoms with Crippen molar-refractivity contribution in [2.75, 3.05) is 0 Å². The molecule has 1 amide bonds. The van der Waals surface area contributed by atoms with Crippen LogP contribution in [0.2, 0.25) is 0 Å². The molecule has 0 aliphatic heterocycles. The fraction of sp³-hybridized carbons (Fsp3) is 0.208. The number of nitrogens with one attached hydrogen (secondary N) is 1. The van der Waals surface area contributed by atoms with Crippen molar-refractivity contribution >= 4 is 11.4 Å². The van der Waals surface area contributed by atoms with Crippen LogP contribution in [0, 0.1) is 12.7 Å². The van der Waals surface area contributed by atoms with Gasteiger partial charge in [-0.25, -0.2) is 8.91 Å². The average Bonchev–Trinajstić information content (AvgIpc) is 3.19. The number of hydrogen-bond acceptors (Lipinski definition) is 3. The highest BCUT2D eigenvalue weighted by Gasteiger charge is 2.12. The summed E-state index contributed by atoms with van der Waals surface area (Å²) in [5.41, 5.74) is 3.67. The van der Waals surface area contributed by atoms with E-state index in [1.165, 1.54) is 26.8 Å². The summed E-state index contributed by atoms with van der Waals surface area (Å²) in [5, 5.41) is 7.36. The monoisotopic (exact) mass is 418 g/mol. The Hall–Kier alpha value is -3.74. The van der Waals surface area contributed by atoms with Crippen LogP contribution >= 0.6 is 0 Å². The number of rotatable bonds is 6. The van der Waals surface area contributed by atoms with Gasteiger partial charge in [-0.1, -0.05) is 29.8 Å². The molecule has 1 unspecified atom stereocenters. The van der Waals surface area contributed by atoms with E-state index in [0.29, 0.717) is 11.2 Å². The van der Waals surface area contributed by atoms with E-state index < -0.39 is 0 Å². The highest BCUT2D eigenvalue weighted by atomic mass is 19.1. The first-order chi connectivity index (χ1) is 14.9. The minimum absolute atomic E-state index is 0.111. The molecule has 0 fully saturated rings. The summed E-state index contributed by atoms with van der Waals surface area (Å²) in [5.74, 6) is -0.454. The number of hydrogen-bond donors (Lipinski definition) is 1. The van der Waals surface area contributed by atoms with E-state index in [4.69, 9.17) is 0 Å². The fourth-order valence-corrected chi connectivity index (χ4v) is 3.44. The molecule has 158 valence electrons. The van der Waals surface area contributed by atoms with Gasteiger partial charge in [0.2, 0.25) is 5.91 Å². The Balaban J connectivity index is 1.45. The number of fused-ring (bicyclic) bond motifs is 1. The molecule has 4 rings (SSSR count). The van der Waals surface area contributed by atoms with Gasteiger partial charge >= 0.3 is 0 Å². The van der Waals surface area contributed by atoms with Crippen LogP contribution in [0.5, 0.6) is 0 Å². The molecule has 6 nitrogen and oxygen atoms in total. The second kappa shape index (κ2) is 8.55. The van der Waals surface area contributed by atoms with Gasteiger partial charge < -0.3 is 9.88 Å². The van der Waals surface area contributed by atoms with Crippen molar-refractivity contribution in [2.45, 2.75) is 32.9 Å². The molecule has 4 aromatic rings. The van der Waals surface area contributed by atoms with Crippen LogP contribution in [0.25, 0.3) is 16.8 Å². The van der Waals surface area contributed by atoms with E-state index in [9.17, 15) is 14.0 Å². The Morgan fingerprint density at radius 3 is 2.52 bits per heavy atom. The number of aryl methyl sites for hydroxylation is 2. The lowest BCUT2D eigenvalue weighted by Crippen LogP contribution is -2.29. The number of aromatic nitrogens is 3. The van der Waals surface area contributed by atoms with E-state index >= 15 is 0 Å². The predicted octanol–water partition coefficient (Wildman–Crippen LogP) is 3.88. The molecule has 31 heavy (non-hydrogen) atoms. The molecule has 0 saturated carbocycles. The standard InChI is InChI=1S/C24H23FN4O2/c1-16-3-5-18(6-4-16)17(2)26-23(30)11-12-28-13-14-29-22(24(28)31)15-21(27-29)19-7-9-20(25)10-8-19/h3-10,13-15,17H,11-12H2,1-2H3,(H,26,30). The Morgan fingerprint density at radius 2 is 1.81 bits per heavy atom. The van der Waals surface area contributed by atoms with Crippen molar-refractivity contribution in [3.05, 3.63) is 94.3 Å². The summed E-state index contributed by atoms with van der Waals surface area (Å²) in [6.07, 6.45) is 3.48. The van der Waals surface area contributed by atoms with Gasteiger partial charge in [-0.2, -0.15) is 5.10 Å². The van der Waals surface area contributed by atoms with E-state index in [1.54, 1.807) is 30.6 Å². The van der Waals surface area contributed by atoms with Crippen LogP contribution in [0.3, 0.4) is 0 Å². The molecule has 0 aliphatic carbocycles. The van der Waals surface area contributed by atoms with Gasteiger partial charge in [-0.05, 0) is 49.7 Å². The maximum absolute atomic E-state index is 13.2. The summed E-state index contributed by atoms with van der Waals surface area (Å²) >= 11 is 0. The van der Waals surface area contributed by atoms with Gasteiger partial charge in [-0.15, -0.1) is 0 Å². The maximum atomic E-state index is 13.2. The normalized spacial score (nSPS) is 12.1. The number of benzene rings is 2. The smallest absolute Gasteiger partial charge is 0.276 e. The number of nitrogens with zero attached hydrogens (tertiary/aromatic N) is 3. The van der Waals surface area contributed by atoms with Gasteiger partial charge in [0, 0.05) is 30.9 Å². The Labute approximate surface area is 179 Å². The Bertz CT molecular complexity index is 1270. The van der Waals surface area contributed by atoms with Crippen molar-refractivity contribution in [3.63, 3.8) is 0 Å². The minimum atomic E-state index is -0.329. The number of carbonyl (C=O) groups is 1. The molecular formula is C24H23FN4O2. The second-order valence-electron chi connectivity index (χ2n) is 7.61. The predicted molar refractivity (Wildman–Crippen MR) is 117 cm³/mol. The first-order valence-corrected chi connectivity index (χ1v) is 10.1. The van der Waals surface area contributed by atoms with E-state index in [2.05, 4.69) is 10.4 Å². The average molecular weight is 418 g/mol. The number of halogens is 1. The quantitative estimate of drug-likeness (QED) is 0.517. The molecule has 2 aromatic heterocycles. The van der Waals surface area contributed by atoms with E-state index in [1.807, 2.05) is 38.1 Å². The number of amides is 1. The highest BCUT2D eigenvalue weighted by Crippen LogP contribution is 2.19. The van der Waals surface area contributed by atoms with E-state index in [0.717, 1.165) is 11.1 Å². The highest BCUT2D eigenvalue weighted by molar-refractivity contribution is 5.76. The minimum Gasteiger partial charge on any atom is -0.350 e. The van der Waals surface area contributed by atoms with Gasteiger partial charge in [0.15, 0.2) is 0 Å². The van der Waals surface area contributed by atoms with Gasteiger partial charge in [0.25, 0.3) is 5.56 Å². The van der Waals surface area contributed by atoms with Crippen molar-refractivity contribution in [1.29, 1.82) is 0 Å². The zero-order valence-corrected chi connectivity index (χ0v) is 17.4. The molecule has 0 spiro atoms. The van der Waals surface area contributed by atoms with Crippen LogP contribution in [0.1, 0.15) is 30.5 Å². The van der Waals surface area contributed by atoms with Crippen LogP contribution in [0.4, 0.5) is 4.39 Å². The lowest BCUT2D eigenvalue weighted by atomic mass is 10.1. The SMILES string of the molecule is Cc1ccc(C(C)NC(=O)CCn2ccn3nc(-c4ccc(F)cc4)cc3c2=O)cc1. The molecule has 1 atom stereocenters. The zero-order valence-electron chi connectivity index (χ0n) is 17.4. The molecule has 2 aromatic carbocycles. The lowest BCUT2D eigenvalue weighted by Gasteiger charge is -2.15. The molecule has 0 radical (unpaired) electrons. The largest absolute Gasteiger partial charge is 0.350 e. The molecule has 1 N–H and O–H groups in total. The van der Waals surface area contributed by atoms with Crippen LogP contribution in [-0.2, 0) is 11.3 Å². The third-order valence-electron chi connectivity index (χ3n) is 5.28. The summed E-state index contributed by atoms with van der Waals surface area (Å²) in [7, 11) is 0. The Kier molecular flexibility index (Phi) is 5.66. The third-order valence-corrected chi connectivity index (χ3v) is 5.28. The fourth-order valence-electron chi connectivity index (χ4n) is 3.44. The summed E-state index contributed by atoms with van der Waals surface area (Å²) < 4.78 is 16.2. The zero-order chi connectivity index (χ0) is 22.0. The third kappa shape index (κ3) is 4.55. The molecule has 0 saturated heterocycles. The van der Waals surface area contributed by atoms with E-state index in [-0.39, 0.29) is 36.3 Å². The van der Waals surface area contributed by atoms with Crippen molar-refractivity contribution in [1.82, 2.24) is 19.5 Å². The van der Waals surface area contributed by atoms with Crippen molar-refractivity contribution in [2.24, 2.45) is 0 Å². The first-order valence-electron chi connectivity index (χ1n) is 10.1. The number of carbonyl (C=O) groups excluding carboxylic acids is 1. The molecule has 0 aliphatic rings. The molecule has 7 heteroatoms. The summed E-state index contributed by atoms with van der Waals surface area (Å²) in [6, 6.07) is 15.5. The Morgan fingerprint density at radius 1 is 1.10 bits per heavy atom. The van der Waals surface area contributed by atoms with Gasteiger partial charge in [0.05, 0.1) is 11.7 Å². The van der Waals surface area contributed by atoms with Crippen LogP contribution in [-0.4, -0.2) is 20.1 Å². The topological polar surface area (TPSA) is 68.4 Å². The van der Waals surface area contributed by atoms with Gasteiger partial charge in [-0.3, -0.25) is 9.59 Å². The van der Waals surface area contributed by atoms with Crippen molar-refractivity contribution in [3.8, 4) is 11.3 Å². The molecule has 0 bridgehead atoms. The second-order valence-corrected chi connectivity index (χ2v) is 7.61. The molecule has 2 heterocycles. The first kappa shape index (κ1) is 20.5. The van der Waals surface area contributed by atoms with Crippen molar-refractivity contribution < 1.29 is 9.18 Å². The summed E-state index contributed by atoms with van der Waals surface area (Å²) in [6.45, 7) is 4.22. The summed E-state index contributed by atoms with van der Waals surface area (Å²) in [4.78, 5) is 25.2. The van der Waals surface area contributed by atoms with Crippen LogP contribution in [0.15, 0.2) is 71.8 Å². The maximum Gasteiger partial charge on any atom is 0.276 e. The lowest BCUT2D eigenvalue weighted by molar-refractivity contribution is -0.121. The molecular weight excluding hydrogens is 395 g/mol. The van der Waals surface area contributed by atoms with Gasteiger partial charge in [0.1, 0.15) is 11.3 Å². The van der Waals surface area contributed by atoms with Crippen LogP contribution < -0.4 is 10.9 Å².